The number of Topliss-reactive ketones (excluding diaryl/α,β-unsaturated/α-hetero) is 3. The number of nitrogens with one attached hydrogen (secondary N) is 2. The first-order chi connectivity index (χ1) is 32.8. The molecule has 0 saturated heterocycles. The number of methoxy groups -OCH3 is 1. The Bertz CT molecular complexity index is 2680. The Balaban J connectivity index is 1.68. The number of nitriles is 1. The molecular weight excluding hydrogens is 907 g/mol. The summed E-state index contributed by atoms with van der Waals surface area (Å²) in [6.07, 6.45) is -0.370. The number of rotatable bonds is 20. The van der Waals surface area contributed by atoms with Crippen molar-refractivity contribution in [1.82, 2.24) is 24.9 Å². The monoisotopic (exact) mass is 967 g/mol. The number of aryl methyl sites for hydroxylation is 3. The SMILES string of the molecule is CCc1ccc(-c2nc(C)c(C(=O)C[C@@H](CNS(N)(=O)=O)C(=O)N(C)[C@@H]3C(=O)C[C@@H](C)C(=O)N[C@H](C(=O)CCC#N)Cc4ccc(OCCN)c(c4)-c4cc3cc(OCCN)c4OC)c(C)n2)cc1. The maximum atomic E-state index is 15.0. The highest BCUT2D eigenvalue weighted by atomic mass is 32.2. The van der Waals surface area contributed by atoms with Crippen molar-refractivity contribution in [1.29, 1.82) is 5.26 Å². The summed E-state index contributed by atoms with van der Waals surface area (Å²) in [6.45, 7) is 6.53. The lowest BCUT2D eigenvalue weighted by atomic mass is 9.88. The van der Waals surface area contributed by atoms with E-state index in [4.69, 9.17) is 30.8 Å². The largest absolute Gasteiger partial charge is 0.492 e. The molecule has 2 heterocycles. The van der Waals surface area contributed by atoms with E-state index in [1.54, 1.807) is 38.1 Å². The molecule has 0 radical (unpaired) electrons. The number of carbonyl (C=O) groups excluding carboxylic acids is 5. The molecule has 3 aromatic carbocycles. The summed E-state index contributed by atoms with van der Waals surface area (Å²) in [4.78, 5) is 82.1. The zero-order valence-electron chi connectivity index (χ0n) is 39.8. The molecule has 4 bridgehead atoms. The molecule has 5 rings (SSSR count). The summed E-state index contributed by atoms with van der Waals surface area (Å²) >= 11 is 0. The third-order valence-electron chi connectivity index (χ3n) is 11.8. The van der Waals surface area contributed by atoms with Crippen molar-refractivity contribution in [2.45, 2.75) is 78.3 Å². The predicted molar refractivity (Wildman–Crippen MR) is 257 cm³/mol. The molecule has 1 aromatic heterocycles. The number of nitrogens with zero attached hydrogens (tertiary/aromatic N) is 4. The van der Waals surface area contributed by atoms with Gasteiger partial charge in [0.15, 0.2) is 34.7 Å². The minimum absolute atomic E-state index is 0.00494. The highest BCUT2D eigenvalue weighted by molar-refractivity contribution is 7.87. The fourth-order valence-corrected chi connectivity index (χ4v) is 8.73. The zero-order chi connectivity index (χ0) is 50.6. The molecule has 0 aliphatic carbocycles. The Hall–Kier alpha value is -6.63. The van der Waals surface area contributed by atoms with Gasteiger partial charge in [-0.05, 0) is 67.6 Å². The van der Waals surface area contributed by atoms with Gasteiger partial charge in [0.05, 0.1) is 42.1 Å². The van der Waals surface area contributed by atoms with E-state index >= 15 is 4.79 Å². The zero-order valence-corrected chi connectivity index (χ0v) is 40.6. The minimum Gasteiger partial charge on any atom is -0.492 e. The first-order valence-corrected chi connectivity index (χ1v) is 24.1. The average Bonchev–Trinajstić information content (AvgIpc) is 3.31. The van der Waals surface area contributed by atoms with Crippen LogP contribution in [0.25, 0.3) is 22.5 Å². The van der Waals surface area contributed by atoms with Crippen LogP contribution in [0.1, 0.15) is 84.0 Å². The highest BCUT2D eigenvalue weighted by Crippen LogP contribution is 2.46. The molecule has 4 aromatic rings. The number of fused-ring (bicyclic) bond motifs is 5. The van der Waals surface area contributed by atoms with Crippen LogP contribution in [0.4, 0.5) is 0 Å². The summed E-state index contributed by atoms with van der Waals surface area (Å²) in [5.74, 6) is -4.52. The topological polar surface area (TPSA) is 302 Å². The number of amides is 2. The van der Waals surface area contributed by atoms with Crippen molar-refractivity contribution in [3.05, 3.63) is 88.2 Å². The Morgan fingerprint density at radius 2 is 1.61 bits per heavy atom. The van der Waals surface area contributed by atoms with E-state index in [1.165, 1.54) is 27.1 Å². The molecule has 20 heteroatoms. The molecule has 0 unspecified atom stereocenters. The number of ether oxygens (including phenoxy) is 3. The van der Waals surface area contributed by atoms with Gasteiger partial charge >= 0.3 is 0 Å². The van der Waals surface area contributed by atoms with Crippen molar-refractivity contribution in [3.8, 4) is 45.8 Å². The maximum absolute atomic E-state index is 15.0. The summed E-state index contributed by atoms with van der Waals surface area (Å²) in [6, 6.07) is 15.3. The summed E-state index contributed by atoms with van der Waals surface area (Å²) in [5.41, 5.74) is 15.9. The lowest BCUT2D eigenvalue weighted by molar-refractivity contribution is -0.142. The number of hydrogen-bond donors (Lipinski definition) is 5. The molecule has 368 valence electrons. The molecule has 1 aliphatic rings. The fraction of sp³-hybridized carbons (Fsp3) is 0.429. The van der Waals surface area contributed by atoms with Gasteiger partial charge in [-0.3, -0.25) is 24.0 Å². The lowest BCUT2D eigenvalue weighted by Crippen LogP contribution is -2.46. The minimum atomic E-state index is -4.41. The van der Waals surface area contributed by atoms with Crippen LogP contribution < -0.4 is 40.9 Å². The number of aromatic nitrogens is 2. The van der Waals surface area contributed by atoms with Crippen LogP contribution in [-0.2, 0) is 42.2 Å². The second kappa shape index (κ2) is 24.1. The van der Waals surface area contributed by atoms with Gasteiger partial charge < -0.3 is 35.9 Å². The molecule has 0 spiro atoms. The van der Waals surface area contributed by atoms with Crippen LogP contribution in [0.3, 0.4) is 0 Å². The Kier molecular flexibility index (Phi) is 18.6. The Morgan fingerprint density at radius 3 is 2.20 bits per heavy atom. The Morgan fingerprint density at radius 1 is 0.957 bits per heavy atom. The number of likely N-dealkylation sites (N-methyl/N-ethyl adjacent to an activating group) is 1. The highest BCUT2D eigenvalue weighted by Gasteiger charge is 2.38. The van der Waals surface area contributed by atoms with Crippen LogP contribution in [0.2, 0.25) is 0 Å². The van der Waals surface area contributed by atoms with Crippen LogP contribution in [0, 0.1) is 37.0 Å². The van der Waals surface area contributed by atoms with Gasteiger partial charge in [-0.25, -0.2) is 19.8 Å². The van der Waals surface area contributed by atoms with Gasteiger partial charge in [-0.1, -0.05) is 44.2 Å². The van der Waals surface area contributed by atoms with Crippen molar-refractivity contribution >= 4 is 39.4 Å². The number of ketones is 3. The number of hydrogen-bond acceptors (Lipinski definition) is 15. The van der Waals surface area contributed by atoms with Gasteiger partial charge in [0.1, 0.15) is 25.0 Å². The molecule has 0 fully saturated rings. The number of carbonyl (C=O) groups is 5. The molecule has 2 amide bonds. The standard InChI is InChI=1S/C49H61N9O10S/c1-7-31-10-13-33(14-11-31)47-55-29(3)44(30(4)56-47)40(60)25-35(27-54-69(53,64)65)49(63)58(5)45-34-24-37(46(66-6)43(26-34)68-20-18-52)36-22-32(12-15-42(36)67-19-17-51)23-38(39(59)9-8-16-50)57-48(62)28(2)21-41(45)61/h10-15,22,24,26,28,35,38,45,54H,7-9,17-21,23,25,27,51-52H2,1-6H3,(H,57,62)(H2,53,64,65)/t28-,35+,38+,45+/m1/s1. The molecule has 8 N–H and O–H groups in total. The van der Waals surface area contributed by atoms with E-state index in [1.807, 2.05) is 37.3 Å². The van der Waals surface area contributed by atoms with Crippen molar-refractivity contribution in [2.24, 2.45) is 28.4 Å². The molecule has 1 aliphatic heterocycles. The van der Waals surface area contributed by atoms with E-state index in [0.717, 1.165) is 22.4 Å². The molecule has 4 atom stereocenters. The van der Waals surface area contributed by atoms with E-state index < -0.39 is 82.7 Å². The first kappa shape index (κ1) is 53.3. The smallest absolute Gasteiger partial charge is 0.274 e. The maximum Gasteiger partial charge on any atom is 0.274 e. The average molecular weight is 968 g/mol. The Labute approximate surface area is 402 Å². The van der Waals surface area contributed by atoms with E-state index in [9.17, 15) is 32.9 Å². The normalized spacial score (nSPS) is 16.6. The van der Waals surface area contributed by atoms with Gasteiger partial charge in [-0.15, -0.1) is 0 Å². The molecule has 0 saturated carbocycles. The summed E-state index contributed by atoms with van der Waals surface area (Å²) in [5, 5.41) is 17.4. The summed E-state index contributed by atoms with van der Waals surface area (Å²) < 4.78 is 45.0. The van der Waals surface area contributed by atoms with Gasteiger partial charge in [0.2, 0.25) is 11.8 Å². The van der Waals surface area contributed by atoms with Crippen LogP contribution in [-0.4, -0.2) is 105 Å². The van der Waals surface area contributed by atoms with Crippen LogP contribution in [0.15, 0.2) is 54.6 Å². The molecule has 19 nitrogen and oxygen atoms in total. The molecule has 69 heavy (non-hydrogen) atoms. The first-order valence-electron chi connectivity index (χ1n) is 22.6. The van der Waals surface area contributed by atoms with Gasteiger partial charge in [0.25, 0.3) is 10.2 Å². The molecular formula is C49H61N9O10S. The number of nitrogens with two attached hydrogens (primary N) is 3. The third kappa shape index (κ3) is 13.5. The van der Waals surface area contributed by atoms with E-state index in [2.05, 4.69) is 20.0 Å². The van der Waals surface area contributed by atoms with Gasteiger partial charge in [-0.2, -0.15) is 13.7 Å². The van der Waals surface area contributed by atoms with Crippen LogP contribution in [0.5, 0.6) is 17.2 Å². The second-order valence-electron chi connectivity index (χ2n) is 16.9. The summed E-state index contributed by atoms with van der Waals surface area (Å²) in [7, 11) is -1.66. The quantitative estimate of drug-likeness (QED) is 0.0794. The van der Waals surface area contributed by atoms with Crippen molar-refractivity contribution < 1.29 is 46.6 Å². The third-order valence-corrected chi connectivity index (χ3v) is 12.4. The van der Waals surface area contributed by atoms with Crippen LogP contribution >= 0.6 is 0 Å². The predicted octanol–water partition coefficient (Wildman–Crippen LogP) is 3.36. The lowest BCUT2D eigenvalue weighted by Gasteiger charge is -2.32. The van der Waals surface area contributed by atoms with E-state index in [0.29, 0.717) is 39.7 Å². The number of benzene rings is 3. The van der Waals surface area contributed by atoms with Crippen molar-refractivity contribution in [2.75, 3.05) is 47.0 Å². The van der Waals surface area contributed by atoms with Gasteiger partial charge in [0, 0.05) is 75.0 Å². The fourth-order valence-electron chi connectivity index (χ4n) is 8.30. The van der Waals surface area contributed by atoms with E-state index in [-0.39, 0.29) is 68.2 Å². The second-order valence-corrected chi connectivity index (χ2v) is 18.3. The van der Waals surface area contributed by atoms with Crippen molar-refractivity contribution in [3.63, 3.8) is 0 Å².